The second-order valence-electron chi connectivity index (χ2n) is 6.94. The number of rotatable bonds is 0. The van der Waals surface area contributed by atoms with Gasteiger partial charge in [-0.1, -0.05) is 33.8 Å². The number of benzene rings is 1. The first kappa shape index (κ1) is 12.7. The van der Waals surface area contributed by atoms with Gasteiger partial charge in [0.25, 0.3) is 0 Å². The normalized spacial score (nSPS) is 19.7. The largest absolute Gasteiger partial charge is 0.347 e. The predicted octanol–water partition coefficient (Wildman–Crippen LogP) is 3.68. The molecule has 1 atom stereocenters. The van der Waals surface area contributed by atoms with Gasteiger partial charge in [0.1, 0.15) is 0 Å². The van der Waals surface area contributed by atoms with Crippen LogP contribution in [-0.2, 0) is 19.0 Å². The molecule has 1 unspecified atom stereocenters. The van der Waals surface area contributed by atoms with Crippen molar-refractivity contribution >= 4 is 10.9 Å². The van der Waals surface area contributed by atoms with Crippen molar-refractivity contribution in [3.63, 3.8) is 0 Å². The van der Waals surface area contributed by atoms with Crippen LogP contribution in [0, 0.1) is 0 Å². The van der Waals surface area contributed by atoms with Crippen LogP contribution in [-0.4, -0.2) is 11.1 Å². The fourth-order valence-corrected chi connectivity index (χ4v) is 3.33. The Morgan fingerprint density at radius 3 is 2.68 bits per heavy atom. The summed E-state index contributed by atoms with van der Waals surface area (Å²) in [6.45, 7) is 11.3. The predicted molar refractivity (Wildman–Crippen MR) is 81.7 cm³/mol. The average Bonchev–Trinajstić information content (AvgIpc) is 2.63. The topological polar surface area (TPSA) is 17.0 Å². The molecule has 102 valence electrons. The molecule has 0 aliphatic carbocycles. The maximum atomic E-state index is 3.54. The van der Waals surface area contributed by atoms with E-state index in [1.807, 2.05) is 0 Å². The SMILES string of the molecule is CC1CNCc2c1n(C)c1ccc(C(C)(C)C)cc21. The van der Waals surface area contributed by atoms with Gasteiger partial charge in [0.2, 0.25) is 0 Å². The highest BCUT2D eigenvalue weighted by Gasteiger charge is 2.24. The number of hydrogen-bond acceptors (Lipinski definition) is 1. The van der Waals surface area contributed by atoms with Crippen LogP contribution in [0.4, 0.5) is 0 Å². The Morgan fingerprint density at radius 1 is 1.26 bits per heavy atom. The minimum absolute atomic E-state index is 0.213. The van der Waals surface area contributed by atoms with E-state index in [2.05, 4.69) is 62.8 Å². The molecular formula is C17H24N2. The molecule has 0 saturated carbocycles. The van der Waals surface area contributed by atoms with Crippen LogP contribution in [0.5, 0.6) is 0 Å². The first-order chi connectivity index (χ1) is 8.89. The minimum atomic E-state index is 0.213. The Morgan fingerprint density at radius 2 is 2.00 bits per heavy atom. The third-order valence-electron chi connectivity index (χ3n) is 4.44. The van der Waals surface area contributed by atoms with Crippen LogP contribution < -0.4 is 5.32 Å². The van der Waals surface area contributed by atoms with Gasteiger partial charge in [0.05, 0.1) is 0 Å². The minimum Gasteiger partial charge on any atom is -0.347 e. The summed E-state index contributed by atoms with van der Waals surface area (Å²) < 4.78 is 2.39. The molecule has 0 spiro atoms. The number of fused-ring (bicyclic) bond motifs is 3. The van der Waals surface area contributed by atoms with E-state index in [1.165, 1.54) is 27.7 Å². The molecule has 1 N–H and O–H groups in total. The smallest absolute Gasteiger partial charge is 0.0483 e. The molecule has 1 aliphatic heterocycles. The Balaban J connectivity index is 2.29. The van der Waals surface area contributed by atoms with E-state index in [4.69, 9.17) is 0 Å². The highest BCUT2D eigenvalue weighted by molar-refractivity contribution is 5.87. The molecule has 19 heavy (non-hydrogen) atoms. The van der Waals surface area contributed by atoms with E-state index in [0.717, 1.165) is 13.1 Å². The van der Waals surface area contributed by atoms with E-state index in [1.54, 1.807) is 0 Å². The van der Waals surface area contributed by atoms with Gasteiger partial charge in [-0.2, -0.15) is 0 Å². The van der Waals surface area contributed by atoms with Gasteiger partial charge < -0.3 is 9.88 Å². The first-order valence-electron chi connectivity index (χ1n) is 7.22. The highest BCUT2D eigenvalue weighted by Crippen LogP contribution is 2.35. The van der Waals surface area contributed by atoms with E-state index in [9.17, 15) is 0 Å². The lowest BCUT2D eigenvalue weighted by Gasteiger charge is -2.22. The zero-order valence-electron chi connectivity index (χ0n) is 12.7. The van der Waals surface area contributed by atoms with Crippen molar-refractivity contribution in [3.8, 4) is 0 Å². The fraction of sp³-hybridized carbons (Fsp3) is 0.529. The number of nitrogens with zero attached hydrogens (tertiary/aromatic N) is 1. The maximum Gasteiger partial charge on any atom is 0.0483 e. The molecule has 1 aliphatic rings. The summed E-state index contributed by atoms with van der Waals surface area (Å²) >= 11 is 0. The van der Waals surface area contributed by atoms with Gasteiger partial charge in [-0.25, -0.2) is 0 Å². The highest BCUT2D eigenvalue weighted by atomic mass is 15.0. The van der Waals surface area contributed by atoms with Crippen LogP contribution in [0.25, 0.3) is 10.9 Å². The van der Waals surface area contributed by atoms with Gasteiger partial charge in [0.15, 0.2) is 0 Å². The van der Waals surface area contributed by atoms with Crippen molar-refractivity contribution in [2.24, 2.45) is 7.05 Å². The number of aromatic nitrogens is 1. The Bertz CT molecular complexity index is 629. The van der Waals surface area contributed by atoms with Gasteiger partial charge in [0, 0.05) is 42.7 Å². The Kier molecular flexibility index (Phi) is 2.75. The molecule has 0 fully saturated rings. The van der Waals surface area contributed by atoms with E-state index in [-0.39, 0.29) is 5.41 Å². The molecule has 0 bridgehead atoms. The average molecular weight is 256 g/mol. The zero-order valence-corrected chi connectivity index (χ0v) is 12.7. The summed E-state index contributed by atoms with van der Waals surface area (Å²) in [4.78, 5) is 0. The van der Waals surface area contributed by atoms with Gasteiger partial charge in [-0.3, -0.25) is 0 Å². The summed E-state index contributed by atoms with van der Waals surface area (Å²) in [7, 11) is 2.21. The lowest BCUT2D eigenvalue weighted by molar-refractivity contribution is 0.548. The second kappa shape index (κ2) is 4.11. The fourth-order valence-electron chi connectivity index (χ4n) is 3.33. The van der Waals surface area contributed by atoms with Crippen LogP contribution >= 0.6 is 0 Å². The summed E-state index contributed by atoms with van der Waals surface area (Å²) in [5, 5.41) is 4.98. The monoisotopic (exact) mass is 256 g/mol. The second-order valence-corrected chi connectivity index (χ2v) is 6.94. The van der Waals surface area contributed by atoms with E-state index >= 15 is 0 Å². The molecule has 0 saturated heterocycles. The zero-order chi connectivity index (χ0) is 13.8. The lowest BCUT2D eigenvalue weighted by atomic mass is 9.86. The third-order valence-corrected chi connectivity index (χ3v) is 4.44. The molecule has 1 aromatic heterocycles. The third kappa shape index (κ3) is 1.90. The molecule has 1 aromatic carbocycles. The molecule has 2 aromatic rings. The van der Waals surface area contributed by atoms with E-state index < -0.39 is 0 Å². The van der Waals surface area contributed by atoms with Gasteiger partial charge in [-0.15, -0.1) is 0 Å². The first-order valence-corrected chi connectivity index (χ1v) is 7.22. The molecule has 0 radical (unpaired) electrons. The Hall–Kier alpha value is -1.28. The van der Waals surface area contributed by atoms with Crippen LogP contribution in [0.15, 0.2) is 18.2 Å². The summed E-state index contributed by atoms with van der Waals surface area (Å²) in [5.41, 5.74) is 6.02. The quantitative estimate of drug-likeness (QED) is 0.761. The van der Waals surface area contributed by atoms with Gasteiger partial charge >= 0.3 is 0 Å². The van der Waals surface area contributed by atoms with Gasteiger partial charge in [-0.05, 0) is 28.7 Å². The molecule has 2 heteroatoms. The standard InChI is InChI=1S/C17H24N2/c1-11-9-18-10-14-13-8-12(17(2,3)4)6-7-15(13)19(5)16(11)14/h6-8,11,18H,9-10H2,1-5H3. The molecule has 3 rings (SSSR count). The van der Waals surface area contributed by atoms with Crippen molar-refractivity contribution in [2.75, 3.05) is 6.54 Å². The van der Waals surface area contributed by atoms with Crippen molar-refractivity contribution in [3.05, 3.63) is 35.0 Å². The molecule has 0 amide bonds. The van der Waals surface area contributed by atoms with Crippen molar-refractivity contribution in [1.82, 2.24) is 9.88 Å². The Labute approximate surface area is 115 Å². The summed E-state index contributed by atoms with van der Waals surface area (Å²) in [6.07, 6.45) is 0. The molecule has 2 heterocycles. The maximum absolute atomic E-state index is 3.54. The van der Waals surface area contributed by atoms with Crippen molar-refractivity contribution in [2.45, 2.75) is 45.6 Å². The summed E-state index contributed by atoms with van der Waals surface area (Å²) in [6, 6.07) is 6.97. The van der Waals surface area contributed by atoms with Crippen LogP contribution in [0.3, 0.4) is 0 Å². The molecule has 2 nitrogen and oxygen atoms in total. The number of aryl methyl sites for hydroxylation is 1. The van der Waals surface area contributed by atoms with Crippen LogP contribution in [0.2, 0.25) is 0 Å². The van der Waals surface area contributed by atoms with Crippen LogP contribution in [0.1, 0.15) is 50.4 Å². The van der Waals surface area contributed by atoms with Crippen molar-refractivity contribution in [1.29, 1.82) is 0 Å². The number of hydrogen-bond donors (Lipinski definition) is 1. The number of nitrogens with one attached hydrogen (secondary N) is 1. The summed E-state index contributed by atoms with van der Waals surface area (Å²) in [5.74, 6) is 0.597. The lowest BCUT2D eigenvalue weighted by Crippen LogP contribution is -2.27. The van der Waals surface area contributed by atoms with Crippen molar-refractivity contribution < 1.29 is 0 Å². The van der Waals surface area contributed by atoms with E-state index in [0.29, 0.717) is 5.92 Å². The molecular weight excluding hydrogens is 232 g/mol.